The van der Waals surface area contributed by atoms with Gasteiger partial charge < -0.3 is 19.1 Å². The van der Waals surface area contributed by atoms with Crippen molar-refractivity contribution in [1.29, 1.82) is 0 Å². The fraction of sp³-hybridized carbons (Fsp3) is 0.241. The maximum Gasteiger partial charge on any atom is 0.337 e. The Morgan fingerprint density at radius 2 is 1.53 bits per heavy atom. The molecule has 4 rings (SSSR count). The minimum atomic E-state index is -0.993. The van der Waals surface area contributed by atoms with Crippen LogP contribution in [0.1, 0.15) is 32.7 Å². The highest BCUT2D eigenvalue weighted by Crippen LogP contribution is 2.31. The predicted octanol–water partition coefficient (Wildman–Crippen LogP) is 3.51. The van der Waals surface area contributed by atoms with Gasteiger partial charge in [-0.15, -0.1) is 0 Å². The number of carbonyl (C=O) groups is 4. The summed E-state index contributed by atoms with van der Waals surface area (Å²) >= 11 is 0. The Morgan fingerprint density at radius 1 is 0.868 bits per heavy atom. The first-order chi connectivity index (χ1) is 18.4. The van der Waals surface area contributed by atoms with E-state index in [1.807, 2.05) is 30.3 Å². The van der Waals surface area contributed by atoms with Crippen LogP contribution in [0.4, 0.5) is 5.69 Å². The lowest BCUT2D eigenvalue weighted by Crippen LogP contribution is -2.46. The first kappa shape index (κ1) is 26.4. The minimum Gasteiger partial charge on any atom is -0.493 e. The molecule has 0 spiro atoms. The molecule has 1 aliphatic rings. The van der Waals surface area contributed by atoms with Crippen molar-refractivity contribution in [3.8, 4) is 11.5 Å². The Bertz CT molecular complexity index is 1340. The number of hydrogen-bond acceptors (Lipinski definition) is 7. The summed E-state index contributed by atoms with van der Waals surface area (Å²) in [5.74, 6) is -1.04. The molecule has 196 valence electrons. The third-order valence-electron chi connectivity index (χ3n) is 6.42. The number of methoxy groups -OCH3 is 3. The molecule has 1 heterocycles. The van der Waals surface area contributed by atoms with Gasteiger partial charge in [0, 0.05) is 12.1 Å². The molecule has 3 aromatic carbocycles. The highest BCUT2D eigenvalue weighted by atomic mass is 16.5. The fourth-order valence-corrected chi connectivity index (χ4v) is 4.42. The zero-order chi connectivity index (χ0) is 27.2. The standard InChI is InChI=1S/C29H28N2O7/c1-36-24-14-11-21(17-25(24)37-2)27(33)30(16-15-19-7-5-4-6-8-19)23-18-26(32)31(28(23)34)22-12-9-20(10-13-22)29(35)38-3/h4-14,17,23H,15-16,18H2,1-3H3. The van der Waals surface area contributed by atoms with E-state index in [9.17, 15) is 19.2 Å². The van der Waals surface area contributed by atoms with Gasteiger partial charge in [-0.1, -0.05) is 30.3 Å². The molecule has 3 aromatic rings. The van der Waals surface area contributed by atoms with E-state index in [2.05, 4.69) is 0 Å². The van der Waals surface area contributed by atoms with Gasteiger partial charge in [-0.05, 0) is 54.4 Å². The van der Waals surface area contributed by atoms with Gasteiger partial charge in [-0.25, -0.2) is 9.69 Å². The fourth-order valence-electron chi connectivity index (χ4n) is 4.42. The largest absolute Gasteiger partial charge is 0.493 e. The zero-order valence-corrected chi connectivity index (χ0v) is 21.4. The number of benzene rings is 3. The molecule has 9 nitrogen and oxygen atoms in total. The van der Waals surface area contributed by atoms with Gasteiger partial charge in [0.2, 0.25) is 5.91 Å². The van der Waals surface area contributed by atoms with Crippen molar-refractivity contribution in [2.75, 3.05) is 32.8 Å². The first-order valence-corrected chi connectivity index (χ1v) is 12.0. The average Bonchev–Trinajstić information content (AvgIpc) is 3.25. The Labute approximate surface area is 220 Å². The number of carbonyl (C=O) groups excluding carboxylic acids is 4. The second-order valence-corrected chi connectivity index (χ2v) is 8.63. The molecule has 1 saturated heterocycles. The number of anilines is 1. The maximum absolute atomic E-state index is 13.8. The van der Waals surface area contributed by atoms with Crippen LogP contribution in [0, 0.1) is 0 Å². The quantitative estimate of drug-likeness (QED) is 0.317. The minimum absolute atomic E-state index is 0.161. The van der Waals surface area contributed by atoms with Gasteiger partial charge in [0.1, 0.15) is 6.04 Å². The summed E-state index contributed by atoms with van der Waals surface area (Å²) in [4.78, 5) is 54.6. The van der Waals surface area contributed by atoms with E-state index in [1.54, 1.807) is 18.2 Å². The zero-order valence-electron chi connectivity index (χ0n) is 21.4. The van der Waals surface area contributed by atoms with Gasteiger partial charge >= 0.3 is 5.97 Å². The second kappa shape index (κ2) is 11.6. The Balaban J connectivity index is 1.64. The lowest BCUT2D eigenvalue weighted by atomic mass is 10.1. The van der Waals surface area contributed by atoms with Crippen LogP contribution in [0.3, 0.4) is 0 Å². The summed E-state index contributed by atoms with van der Waals surface area (Å²) in [7, 11) is 4.25. The van der Waals surface area contributed by atoms with Gasteiger partial charge in [0.15, 0.2) is 11.5 Å². The average molecular weight is 517 g/mol. The van der Waals surface area contributed by atoms with Gasteiger partial charge in [-0.2, -0.15) is 0 Å². The molecule has 0 bridgehead atoms. The summed E-state index contributed by atoms with van der Waals surface area (Å²) in [6.07, 6.45) is 0.330. The summed E-state index contributed by atoms with van der Waals surface area (Å²) in [6, 6.07) is 19.4. The van der Waals surface area contributed by atoms with Crippen LogP contribution in [-0.4, -0.2) is 62.5 Å². The van der Waals surface area contributed by atoms with Crippen molar-refractivity contribution in [3.05, 3.63) is 89.5 Å². The highest BCUT2D eigenvalue weighted by Gasteiger charge is 2.44. The molecule has 0 aliphatic carbocycles. The molecule has 1 atom stereocenters. The van der Waals surface area contributed by atoms with Crippen LogP contribution in [0.15, 0.2) is 72.8 Å². The Morgan fingerprint density at radius 3 is 2.16 bits per heavy atom. The van der Waals surface area contributed by atoms with Gasteiger partial charge in [-0.3, -0.25) is 14.4 Å². The van der Waals surface area contributed by atoms with Crippen molar-refractivity contribution >= 4 is 29.4 Å². The van der Waals surface area contributed by atoms with Crippen LogP contribution in [0.5, 0.6) is 11.5 Å². The van der Waals surface area contributed by atoms with E-state index in [1.165, 1.54) is 50.5 Å². The van der Waals surface area contributed by atoms with Gasteiger partial charge in [0.05, 0.1) is 39.0 Å². The molecule has 3 amide bonds. The molecule has 0 saturated carbocycles. The monoisotopic (exact) mass is 516 g/mol. The molecule has 1 unspecified atom stereocenters. The topological polar surface area (TPSA) is 102 Å². The number of rotatable bonds is 9. The van der Waals surface area contributed by atoms with Crippen molar-refractivity contribution < 1.29 is 33.4 Å². The lowest BCUT2D eigenvalue weighted by molar-refractivity contribution is -0.122. The number of amides is 3. The van der Waals surface area contributed by atoms with Crippen molar-refractivity contribution in [1.82, 2.24) is 4.90 Å². The van der Waals surface area contributed by atoms with Gasteiger partial charge in [0.25, 0.3) is 11.8 Å². The smallest absolute Gasteiger partial charge is 0.337 e. The number of esters is 1. The summed E-state index contributed by atoms with van der Waals surface area (Å²) in [6.45, 7) is 0.218. The highest BCUT2D eigenvalue weighted by molar-refractivity contribution is 6.23. The molecule has 38 heavy (non-hydrogen) atoms. The number of nitrogens with zero attached hydrogens (tertiary/aromatic N) is 2. The maximum atomic E-state index is 13.8. The van der Waals surface area contributed by atoms with E-state index in [-0.39, 0.29) is 13.0 Å². The van der Waals surface area contributed by atoms with E-state index >= 15 is 0 Å². The SMILES string of the molecule is COC(=O)c1ccc(N2C(=O)CC(N(CCc3ccccc3)C(=O)c3ccc(OC)c(OC)c3)C2=O)cc1. The predicted molar refractivity (Wildman–Crippen MR) is 139 cm³/mol. The molecule has 1 aliphatic heterocycles. The van der Waals surface area contributed by atoms with E-state index in [0.717, 1.165) is 10.5 Å². The summed E-state index contributed by atoms with van der Waals surface area (Å²) in [5, 5.41) is 0. The van der Waals surface area contributed by atoms with Crippen LogP contribution in [0.25, 0.3) is 0 Å². The molecule has 0 aromatic heterocycles. The summed E-state index contributed by atoms with van der Waals surface area (Å²) in [5.41, 5.74) is 1.90. The van der Waals surface area contributed by atoms with Crippen molar-refractivity contribution in [3.63, 3.8) is 0 Å². The molecule has 1 fully saturated rings. The number of imide groups is 1. The van der Waals surface area contributed by atoms with E-state index < -0.39 is 29.7 Å². The van der Waals surface area contributed by atoms with Crippen molar-refractivity contribution in [2.24, 2.45) is 0 Å². The Kier molecular flexibility index (Phi) is 8.06. The lowest BCUT2D eigenvalue weighted by Gasteiger charge is -2.28. The molecule has 0 N–H and O–H groups in total. The third-order valence-corrected chi connectivity index (χ3v) is 6.42. The number of ether oxygens (including phenoxy) is 3. The Hall–Kier alpha value is -4.66. The normalized spacial score (nSPS) is 14.8. The van der Waals surface area contributed by atoms with Crippen LogP contribution < -0.4 is 14.4 Å². The summed E-state index contributed by atoms with van der Waals surface area (Å²) < 4.78 is 15.3. The second-order valence-electron chi connectivity index (χ2n) is 8.63. The molecular formula is C29H28N2O7. The van der Waals surface area contributed by atoms with Crippen molar-refractivity contribution in [2.45, 2.75) is 18.9 Å². The van der Waals surface area contributed by atoms with Crippen LogP contribution in [-0.2, 0) is 20.7 Å². The van der Waals surface area contributed by atoms with Crippen LogP contribution in [0.2, 0.25) is 0 Å². The molecular weight excluding hydrogens is 488 g/mol. The van der Waals surface area contributed by atoms with Crippen LogP contribution >= 0.6 is 0 Å². The molecule has 9 heteroatoms. The van der Waals surface area contributed by atoms with E-state index in [0.29, 0.717) is 34.7 Å². The first-order valence-electron chi connectivity index (χ1n) is 12.0. The third kappa shape index (κ3) is 5.36. The van der Waals surface area contributed by atoms with E-state index in [4.69, 9.17) is 14.2 Å². The molecule has 0 radical (unpaired) electrons. The number of hydrogen-bond donors (Lipinski definition) is 0.